The first-order valence-corrected chi connectivity index (χ1v) is 6.82. The summed E-state index contributed by atoms with van der Waals surface area (Å²) in [4.78, 5) is 33.5. The van der Waals surface area contributed by atoms with Crippen molar-refractivity contribution in [3.63, 3.8) is 0 Å². The van der Waals surface area contributed by atoms with E-state index >= 15 is 0 Å². The second-order valence-electron chi connectivity index (χ2n) is 4.91. The summed E-state index contributed by atoms with van der Waals surface area (Å²) in [5, 5.41) is 0. The Kier molecular flexibility index (Phi) is 7.21. The number of ketones is 1. The zero-order chi connectivity index (χ0) is 15.2. The van der Waals surface area contributed by atoms with E-state index < -0.39 is 34.2 Å². The quantitative estimate of drug-likeness (QED) is 0.440. The Morgan fingerprint density at radius 1 is 1.26 bits per heavy atom. The highest BCUT2D eigenvalue weighted by Crippen LogP contribution is 2.14. The van der Waals surface area contributed by atoms with Gasteiger partial charge in [0, 0.05) is 0 Å². The van der Waals surface area contributed by atoms with E-state index in [0.717, 1.165) is 0 Å². The molecule has 0 aliphatic rings. The molecule has 19 heavy (non-hydrogen) atoms. The Morgan fingerprint density at radius 2 is 1.79 bits per heavy atom. The van der Waals surface area contributed by atoms with Crippen molar-refractivity contribution in [3.8, 4) is 0 Å². The van der Waals surface area contributed by atoms with Crippen LogP contribution < -0.4 is 5.73 Å². The van der Waals surface area contributed by atoms with Crippen molar-refractivity contribution in [1.82, 2.24) is 0 Å². The number of hydrogen-bond acceptors (Lipinski definition) is 6. The third-order valence-corrected chi connectivity index (χ3v) is 2.75. The number of carbonyl (C=O) groups is 3. The van der Waals surface area contributed by atoms with Gasteiger partial charge in [0.05, 0.1) is 19.1 Å². The molecule has 0 saturated carbocycles. The fourth-order valence-corrected chi connectivity index (χ4v) is 1.59. The Balaban J connectivity index is 4.47. The van der Waals surface area contributed by atoms with Gasteiger partial charge in [-0.1, -0.05) is 15.9 Å². The molecular formula is C12H20BrNO5. The second kappa shape index (κ2) is 7.59. The zero-order valence-corrected chi connectivity index (χ0v) is 13.2. The molecule has 0 heterocycles. The molecule has 2 N–H and O–H groups in total. The van der Waals surface area contributed by atoms with E-state index in [0.29, 0.717) is 0 Å². The molecule has 0 aromatic carbocycles. The minimum absolute atomic E-state index is 0.212. The monoisotopic (exact) mass is 337 g/mol. The SMILES string of the molecule is CCOC(=O)CC(N)C(=O)C(Br)C(=O)OC(C)(C)C. The number of alkyl halides is 1. The number of carbonyl (C=O) groups excluding carboxylic acids is 3. The van der Waals surface area contributed by atoms with Crippen LogP contribution in [0.4, 0.5) is 0 Å². The molecule has 0 aromatic rings. The fourth-order valence-electron chi connectivity index (χ4n) is 1.16. The Labute approximate surface area is 121 Å². The van der Waals surface area contributed by atoms with Crippen molar-refractivity contribution < 1.29 is 23.9 Å². The maximum absolute atomic E-state index is 11.8. The Bertz CT molecular complexity index is 351. The first-order chi connectivity index (χ1) is 8.58. The van der Waals surface area contributed by atoms with Crippen LogP contribution >= 0.6 is 15.9 Å². The summed E-state index contributed by atoms with van der Waals surface area (Å²) in [7, 11) is 0. The minimum atomic E-state index is -1.18. The average molecular weight is 338 g/mol. The van der Waals surface area contributed by atoms with Gasteiger partial charge >= 0.3 is 11.9 Å². The van der Waals surface area contributed by atoms with Gasteiger partial charge in [-0.05, 0) is 27.7 Å². The molecule has 0 amide bonds. The number of rotatable bonds is 6. The summed E-state index contributed by atoms with van der Waals surface area (Å²) in [5.74, 6) is -1.91. The second-order valence-corrected chi connectivity index (χ2v) is 5.83. The topological polar surface area (TPSA) is 95.7 Å². The molecule has 0 saturated heterocycles. The summed E-state index contributed by atoms with van der Waals surface area (Å²) in [6, 6.07) is -1.10. The van der Waals surface area contributed by atoms with E-state index in [1.165, 1.54) is 0 Å². The lowest BCUT2D eigenvalue weighted by molar-refractivity contribution is -0.156. The molecule has 0 radical (unpaired) electrons. The zero-order valence-electron chi connectivity index (χ0n) is 11.6. The van der Waals surface area contributed by atoms with Crippen LogP contribution in [0.1, 0.15) is 34.1 Å². The van der Waals surface area contributed by atoms with Gasteiger partial charge < -0.3 is 15.2 Å². The van der Waals surface area contributed by atoms with Crippen LogP contribution in [0.2, 0.25) is 0 Å². The maximum atomic E-state index is 11.8. The van der Waals surface area contributed by atoms with Crippen LogP contribution in [0.3, 0.4) is 0 Å². The summed E-state index contributed by atoms with van der Waals surface area (Å²) < 4.78 is 9.73. The van der Waals surface area contributed by atoms with Crippen LogP contribution in [0, 0.1) is 0 Å². The van der Waals surface area contributed by atoms with Gasteiger partial charge in [-0.25, -0.2) is 0 Å². The van der Waals surface area contributed by atoms with Crippen LogP contribution in [-0.2, 0) is 23.9 Å². The van der Waals surface area contributed by atoms with E-state index in [1.807, 2.05) is 0 Å². The molecule has 2 atom stereocenters. The van der Waals surface area contributed by atoms with E-state index in [9.17, 15) is 14.4 Å². The molecule has 6 nitrogen and oxygen atoms in total. The van der Waals surface area contributed by atoms with Gasteiger partial charge in [-0.15, -0.1) is 0 Å². The lowest BCUT2D eigenvalue weighted by Crippen LogP contribution is -2.43. The predicted octanol–water partition coefficient (Wildman–Crippen LogP) is 0.941. The number of ether oxygens (including phenoxy) is 2. The Morgan fingerprint density at radius 3 is 2.21 bits per heavy atom. The van der Waals surface area contributed by atoms with Crippen molar-refractivity contribution >= 4 is 33.7 Å². The average Bonchev–Trinajstić information content (AvgIpc) is 2.24. The molecule has 0 aromatic heterocycles. The maximum Gasteiger partial charge on any atom is 0.327 e. The Hall–Kier alpha value is -0.950. The van der Waals surface area contributed by atoms with Gasteiger partial charge in [0.25, 0.3) is 0 Å². The number of Topliss-reactive ketones (excluding diaryl/α,β-unsaturated/α-hetero) is 1. The number of hydrogen-bond donors (Lipinski definition) is 1. The van der Waals surface area contributed by atoms with Gasteiger partial charge in [0.1, 0.15) is 5.60 Å². The number of nitrogens with two attached hydrogens (primary N) is 1. The largest absolute Gasteiger partial charge is 0.466 e. The summed E-state index contributed by atoms with van der Waals surface area (Å²) in [6.45, 7) is 6.93. The van der Waals surface area contributed by atoms with Crippen LogP contribution in [0.5, 0.6) is 0 Å². The van der Waals surface area contributed by atoms with E-state index in [2.05, 4.69) is 20.7 Å². The van der Waals surface area contributed by atoms with E-state index in [1.54, 1.807) is 27.7 Å². The number of halogens is 1. The van der Waals surface area contributed by atoms with Crippen LogP contribution in [0.25, 0.3) is 0 Å². The molecule has 0 rings (SSSR count). The first kappa shape index (κ1) is 18.0. The van der Waals surface area contributed by atoms with E-state index in [4.69, 9.17) is 10.5 Å². The fraction of sp³-hybridized carbons (Fsp3) is 0.750. The lowest BCUT2D eigenvalue weighted by Gasteiger charge is -2.22. The van der Waals surface area contributed by atoms with E-state index in [-0.39, 0.29) is 13.0 Å². The normalized spacial score (nSPS) is 14.4. The standard InChI is InChI=1S/C12H20BrNO5/c1-5-18-8(15)6-7(14)10(16)9(13)11(17)19-12(2,3)4/h7,9H,5-6,14H2,1-4H3. The van der Waals surface area contributed by atoms with Crippen molar-refractivity contribution in [3.05, 3.63) is 0 Å². The van der Waals surface area contributed by atoms with Gasteiger partial charge in [-0.2, -0.15) is 0 Å². The van der Waals surface area contributed by atoms with Crippen LogP contribution in [0.15, 0.2) is 0 Å². The smallest absolute Gasteiger partial charge is 0.327 e. The predicted molar refractivity (Wildman–Crippen MR) is 72.8 cm³/mol. The van der Waals surface area contributed by atoms with Crippen molar-refractivity contribution in [2.24, 2.45) is 5.73 Å². The minimum Gasteiger partial charge on any atom is -0.466 e. The highest BCUT2D eigenvalue weighted by Gasteiger charge is 2.33. The lowest BCUT2D eigenvalue weighted by atomic mass is 10.1. The summed E-state index contributed by atoms with van der Waals surface area (Å²) in [5.41, 5.74) is 4.86. The van der Waals surface area contributed by atoms with Gasteiger partial charge in [0.2, 0.25) is 0 Å². The summed E-state index contributed by atoms with van der Waals surface area (Å²) in [6.07, 6.45) is -0.266. The summed E-state index contributed by atoms with van der Waals surface area (Å²) >= 11 is 2.93. The van der Waals surface area contributed by atoms with Gasteiger partial charge in [-0.3, -0.25) is 14.4 Å². The first-order valence-electron chi connectivity index (χ1n) is 5.90. The molecule has 110 valence electrons. The third kappa shape index (κ3) is 7.27. The van der Waals surface area contributed by atoms with Crippen LogP contribution in [-0.4, -0.2) is 40.8 Å². The molecule has 0 spiro atoms. The third-order valence-electron chi connectivity index (χ3n) is 1.92. The number of esters is 2. The molecule has 7 heteroatoms. The molecule has 0 aliphatic carbocycles. The van der Waals surface area contributed by atoms with Crippen molar-refractivity contribution in [2.75, 3.05) is 6.61 Å². The molecule has 0 fully saturated rings. The van der Waals surface area contributed by atoms with Crippen molar-refractivity contribution in [2.45, 2.75) is 50.6 Å². The van der Waals surface area contributed by atoms with Crippen molar-refractivity contribution in [1.29, 1.82) is 0 Å². The molecule has 0 aliphatic heterocycles. The highest BCUT2D eigenvalue weighted by atomic mass is 79.9. The van der Waals surface area contributed by atoms with Gasteiger partial charge in [0.15, 0.2) is 10.6 Å². The highest BCUT2D eigenvalue weighted by molar-refractivity contribution is 9.10. The molecular weight excluding hydrogens is 318 g/mol. The molecule has 2 unspecified atom stereocenters. The molecule has 0 bridgehead atoms.